The number of amides is 2. The van der Waals surface area contributed by atoms with Gasteiger partial charge in [0.2, 0.25) is 11.8 Å². The molecule has 2 saturated heterocycles. The molecule has 0 bridgehead atoms. The van der Waals surface area contributed by atoms with Crippen molar-refractivity contribution in [3.05, 3.63) is 0 Å². The van der Waals surface area contributed by atoms with Gasteiger partial charge in [-0.25, -0.2) is 4.39 Å². The van der Waals surface area contributed by atoms with Crippen LogP contribution in [0.5, 0.6) is 0 Å². The Morgan fingerprint density at radius 1 is 0.966 bits per heavy atom. The van der Waals surface area contributed by atoms with Crippen LogP contribution in [0.15, 0.2) is 0 Å². The molecule has 0 spiro atoms. The van der Waals surface area contributed by atoms with Crippen LogP contribution in [0.1, 0.15) is 64.7 Å². The smallest absolute Gasteiger partial charge is 0.236 e. The molecule has 3 unspecified atom stereocenters. The molecular weight excluding hydrogens is 371 g/mol. The van der Waals surface area contributed by atoms with E-state index in [-0.39, 0.29) is 23.7 Å². The number of alkyl halides is 1. The highest BCUT2D eigenvalue weighted by Gasteiger charge is 2.52. The maximum absolute atomic E-state index is 14.2. The molecule has 0 aromatic carbocycles. The molecule has 0 aromatic heterocycles. The van der Waals surface area contributed by atoms with Gasteiger partial charge in [0.05, 0.1) is 18.4 Å². The van der Waals surface area contributed by atoms with E-state index < -0.39 is 18.0 Å². The lowest BCUT2D eigenvalue weighted by atomic mass is 9.80. The highest BCUT2D eigenvalue weighted by Crippen LogP contribution is 2.40. The summed E-state index contributed by atoms with van der Waals surface area (Å²) in [7, 11) is 0. The van der Waals surface area contributed by atoms with Gasteiger partial charge in [-0.15, -0.1) is 0 Å². The normalized spacial score (nSPS) is 37.0. The van der Waals surface area contributed by atoms with Gasteiger partial charge in [-0.05, 0) is 69.9 Å². The number of carbonyl (C=O) groups is 3. The monoisotopic (exact) mass is 406 g/mol. The Balaban J connectivity index is 1.24. The fraction of sp³-hybridized carbons (Fsp3) is 0.870. The van der Waals surface area contributed by atoms with Crippen molar-refractivity contribution in [1.29, 1.82) is 0 Å². The maximum Gasteiger partial charge on any atom is 0.236 e. The Labute approximate surface area is 173 Å². The number of ketones is 1. The topological polar surface area (TPSA) is 57.7 Å². The van der Waals surface area contributed by atoms with Crippen LogP contribution in [0.25, 0.3) is 0 Å². The summed E-state index contributed by atoms with van der Waals surface area (Å²) in [6, 6.07) is 0. The molecule has 6 heteroatoms. The first-order chi connectivity index (χ1) is 13.9. The van der Waals surface area contributed by atoms with Gasteiger partial charge in [0.1, 0.15) is 12.0 Å². The lowest BCUT2D eigenvalue weighted by Crippen LogP contribution is -2.43. The molecule has 2 aliphatic carbocycles. The zero-order chi connectivity index (χ0) is 20.5. The Bertz CT molecular complexity index is 638. The minimum Gasteiger partial charge on any atom is -0.298 e. The predicted octanol–water partition coefficient (Wildman–Crippen LogP) is 3.22. The van der Waals surface area contributed by atoms with Crippen molar-refractivity contribution in [1.82, 2.24) is 9.80 Å². The van der Waals surface area contributed by atoms with E-state index in [1.54, 1.807) is 0 Å². The summed E-state index contributed by atoms with van der Waals surface area (Å²) in [5.41, 5.74) is 0. The van der Waals surface area contributed by atoms with E-state index in [1.807, 2.05) is 0 Å². The molecule has 0 N–H and O–H groups in total. The van der Waals surface area contributed by atoms with Crippen LogP contribution in [-0.2, 0) is 14.4 Å². The van der Waals surface area contributed by atoms with Gasteiger partial charge in [-0.2, -0.15) is 0 Å². The van der Waals surface area contributed by atoms with Crippen LogP contribution in [0.2, 0.25) is 0 Å². The summed E-state index contributed by atoms with van der Waals surface area (Å²) in [6.45, 7) is 4.92. The molecule has 4 aliphatic rings. The average Bonchev–Trinajstić information content (AvgIpc) is 2.95. The van der Waals surface area contributed by atoms with Gasteiger partial charge in [0.15, 0.2) is 0 Å². The number of halogens is 1. The minimum absolute atomic E-state index is 0.147. The second-order valence-corrected chi connectivity index (χ2v) is 10.0. The third-order valence-electron chi connectivity index (χ3n) is 7.95. The van der Waals surface area contributed by atoms with Crippen LogP contribution in [-0.4, -0.2) is 59.7 Å². The van der Waals surface area contributed by atoms with E-state index in [0.29, 0.717) is 38.1 Å². The first-order valence-corrected chi connectivity index (χ1v) is 11.7. The van der Waals surface area contributed by atoms with Crippen molar-refractivity contribution >= 4 is 17.6 Å². The highest BCUT2D eigenvalue weighted by molar-refractivity contribution is 6.05. The number of rotatable bonds is 5. The number of fused-ring (bicyclic) bond motifs is 1. The fourth-order valence-corrected chi connectivity index (χ4v) is 5.93. The molecule has 162 valence electrons. The third-order valence-corrected chi connectivity index (χ3v) is 7.95. The summed E-state index contributed by atoms with van der Waals surface area (Å²) in [6.07, 6.45) is 6.76. The number of carbonyl (C=O) groups excluding carboxylic acids is 3. The predicted molar refractivity (Wildman–Crippen MR) is 108 cm³/mol. The molecule has 0 radical (unpaired) electrons. The first-order valence-electron chi connectivity index (χ1n) is 11.7. The number of hydrogen-bond acceptors (Lipinski definition) is 4. The summed E-state index contributed by atoms with van der Waals surface area (Å²) >= 11 is 0. The molecular formula is C23H35FN2O3. The van der Waals surface area contributed by atoms with Gasteiger partial charge in [0.25, 0.3) is 0 Å². The van der Waals surface area contributed by atoms with Crippen molar-refractivity contribution in [2.45, 2.75) is 70.9 Å². The highest BCUT2D eigenvalue weighted by atomic mass is 19.1. The number of imide groups is 1. The first kappa shape index (κ1) is 21.0. The van der Waals surface area contributed by atoms with Crippen molar-refractivity contribution < 1.29 is 18.8 Å². The SMILES string of the molecule is CC1CCC(C(=O)CN2CCC(CN3C(=O)C4CCCC(F)C4C3=O)CC2)CC1. The lowest BCUT2D eigenvalue weighted by Gasteiger charge is -2.34. The molecule has 2 saturated carbocycles. The Hall–Kier alpha value is -1.30. The van der Waals surface area contributed by atoms with Crippen molar-refractivity contribution in [2.75, 3.05) is 26.2 Å². The number of nitrogens with zero attached hydrogens (tertiary/aromatic N) is 2. The van der Waals surface area contributed by atoms with E-state index >= 15 is 0 Å². The number of hydrogen-bond donors (Lipinski definition) is 0. The summed E-state index contributed by atoms with van der Waals surface area (Å²) < 4.78 is 14.2. The van der Waals surface area contributed by atoms with Gasteiger partial charge in [0, 0.05) is 12.5 Å². The quantitative estimate of drug-likeness (QED) is 0.658. The molecule has 2 aliphatic heterocycles. The van der Waals surface area contributed by atoms with Crippen LogP contribution >= 0.6 is 0 Å². The van der Waals surface area contributed by atoms with Gasteiger partial charge in [-0.1, -0.05) is 19.8 Å². The minimum atomic E-state index is -1.16. The Morgan fingerprint density at radius 3 is 2.31 bits per heavy atom. The molecule has 4 fully saturated rings. The molecule has 0 aromatic rings. The summed E-state index contributed by atoms with van der Waals surface area (Å²) in [5.74, 6) is 0.0570. The van der Waals surface area contributed by atoms with Gasteiger partial charge >= 0.3 is 0 Å². The van der Waals surface area contributed by atoms with Gasteiger partial charge < -0.3 is 0 Å². The molecule has 29 heavy (non-hydrogen) atoms. The second-order valence-electron chi connectivity index (χ2n) is 10.0. The molecule has 2 heterocycles. The maximum atomic E-state index is 14.2. The zero-order valence-electron chi connectivity index (χ0n) is 17.7. The molecule has 4 rings (SSSR count). The van der Waals surface area contributed by atoms with Crippen LogP contribution in [0.3, 0.4) is 0 Å². The number of Topliss-reactive ketones (excluding diaryl/α,β-unsaturated/α-hetero) is 1. The van der Waals surface area contributed by atoms with Crippen molar-refractivity contribution in [2.24, 2.45) is 29.6 Å². The van der Waals surface area contributed by atoms with Crippen molar-refractivity contribution in [3.8, 4) is 0 Å². The summed E-state index contributed by atoms with van der Waals surface area (Å²) in [5, 5.41) is 0. The van der Waals surface area contributed by atoms with Crippen LogP contribution < -0.4 is 0 Å². The number of piperidine rings is 1. The van der Waals surface area contributed by atoms with E-state index in [1.165, 1.54) is 4.90 Å². The largest absolute Gasteiger partial charge is 0.298 e. The summed E-state index contributed by atoms with van der Waals surface area (Å²) in [4.78, 5) is 41.5. The van der Waals surface area contributed by atoms with Crippen molar-refractivity contribution in [3.63, 3.8) is 0 Å². The molecule has 5 nitrogen and oxygen atoms in total. The molecule has 2 amide bonds. The van der Waals surface area contributed by atoms with E-state index in [2.05, 4.69) is 11.8 Å². The number of likely N-dealkylation sites (tertiary alicyclic amines) is 2. The standard InChI is InChI=1S/C23H35FN2O3/c1-15-5-7-17(8-6-15)20(27)14-25-11-9-16(10-12-25)13-26-22(28)18-3-2-4-19(24)21(18)23(26)29/h15-19,21H,2-14H2,1H3. The van der Waals surface area contributed by atoms with Crippen LogP contribution in [0.4, 0.5) is 4.39 Å². The zero-order valence-corrected chi connectivity index (χ0v) is 17.7. The van der Waals surface area contributed by atoms with Gasteiger partial charge in [-0.3, -0.25) is 24.2 Å². The Morgan fingerprint density at radius 2 is 1.66 bits per heavy atom. The van der Waals surface area contributed by atoms with E-state index in [0.717, 1.165) is 57.5 Å². The second kappa shape index (κ2) is 8.83. The molecule has 3 atom stereocenters. The van der Waals surface area contributed by atoms with E-state index in [4.69, 9.17) is 0 Å². The van der Waals surface area contributed by atoms with E-state index in [9.17, 15) is 18.8 Å². The van der Waals surface area contributed by atoms with Crippen LogP contribution in [0, 0.1) is 29.6 Å². The average molecular weight is 407 g/mol. The third kappa shape index (κ3) is 4.42. The lowest BCUT2D eigenvalue weighted by molar-refractivity contribution is -0.141. The fourth-order valence-electron chi connectivity index (χ4n) is 5.93. The Kier molecular flexibility index (Phi) is 6.38.